The van der Waals surface area contributed by atoms with E-state index in [1.54, 1.807) is 7.11 Å². The molecule has 1 aliphatic heterocycles. The summed E-state index contributed by atoms with van der Waals surface area (Å²) in [5, 5.41) is 0. The van der Waals surface area contributed by atoms with Crippen LogP contribution in [-0.2, 0) is 16.4 Å². The quantitative estimate of drug-likeness (QED) is 0.753. The number of nitrogens with one attached hydrogen (secondary N) is 1. The molecule has 0 amide bonds. The number of ether oxygens (including phenoxy) is 1. The Balaban J connectivity index is 1.52. The number of allylic oxidation sites excluding steroid dienone is 1. The van der Waals surface area contributed by atoms with Crippen molar-refractivity contribution >= 4 is 16.1 Å². The van der Waals surface area contributed by atoms with E-state index >= 15 is 0 Å². The second-order valence-corrected chi connectivity index (χ2v) is 9.51. The van der Waals surface area contributed by atoms with Crippen LogP contribution < -0.4 is 9.46 Å². The van der Waals surface area contributed by atoms with Gasteiger partial charge in [0.2, 0.25) is 10.0 Å². The molecule has 0 spiro atoms. The van der Waals surface area contributed by atoms with Gasteiger partial charge in [-0.15, -0.1) is 0 Å². The summed E-state index contributed by atoms with van der Waals surface area (Å²) in [5.74, 6) is 0.806. The van der Waals surface area contributed by atoms with Gasteiger partial charge in [-0.25, -0.2) is 13.1 Å². The highest BCUT2D eigenvalue weighted by Gasteiger charge is 2.27. The number of hydrogen-bond acceptors (Lipinski definition) is 4. The lowest BCUT2D eigenvalue weighted by Crippen LogP contribution is -2.37. The Morgan fingerprint density at radius 3 is 2.48 bits per heavy atom. The third-order valence-electron chi connectivity index (χ3n) is 5.91. The molecule has 5 nitrogen and oxygen atoms in total. The maximum atomic E-state index is 13.0. The molecule has 0 saturated carbocycles. The monoisotopic (exact) mass is 412 g/mol. The maximum absolute atomic E-state index is 13.0. The molecule has 6 heteroatoms. The molecule has 1 aliphatic carbocycles. The number of benzene rings is 2. The molecule has 2 aromatic carbocycles. The third-order valence-corrected chi connectivity index (χ3v) is 7.47. The average Bonchev–Trinajstić information content (AvgIpc) is 3.28. The van der Waals surface area contributed by atoms with Crippen molar-refractivity contribution in [3.05, 3.63) is 70.1 Å². The molecule has 1 fully saturated rings. The number of aryl methyl sites for hydroxylation is 1. The fourth-order valence-corrected chi connectivity index (χ4v) is 5.45. The zero-order valence-corrected chi connectivity index (χ0v) is 17.6. The highest BCUT2D eigenvalue weighted by molar-refractivity contribution is 7.93. The number of methoxy groups -OCH3 is 1. The van der Waals surface area contributed by atoms with E-state index in [-0.39, 0.29) is 6.04 Å². The van der Waals surface area contributed by atoms with Gasteiger partial charge in [0.15, 0.2) is 0 Å². The Morgan fingerprint density at radius 2 is 1.76 bits per heavy atom. The van der Waals surface area contributed by atoms with E-state index in [9.17, 15) is 8.42 Å². The summed E-state index contributed by atoms with van der Waals surface area (Å²) in [6.45, 7) is 2.36. The van der Waals surface area contributed by atoms with E-state index < -0.39 is 10.0 Å². The predicted octanol–water partition coefficient (Wildman–Crippen LogP) is 3.74. The van der Waals surface area contributed by atoms with Crippen LogP contribution in [0.15, 0.2) is 53.4 Å². The van der Waals surface area contributed by atoms with Crippen molar-refractivity contribution in [1.29, 1.82) is 0 Å². The van der Waals surface area contributed by atoms with E-state index in [0.717, 1.165) is 49.2 Å². The highest BCUT2D eigenvalue weighted by Crippen LogP contribution is 2.29. The van der Waals surface area contributed by atoms with Gasteiger partial charge in [-0.2, -0.15) is 0 Å². The SMILES string of the molecule is COc1ccc(C(CNS(=O)(=O)C2=Cc3ccccc3CC2)N2CCCC2)cc1. The van der Waals surface area contributed by atoms with Crippen molar-refractivity contribution in [2.45, 2.75) is 31.7 Å². The van der Waals surface area contributed by atoms with Gasteiger partial charge in [0.1, 0.15) is 5.75 Å². The van der Waals surface area contributed by atoms with Crippen molar-refractivity contribution in [3.63, 3.8) is 0 Å². The van der Waals surface area contributed by atoms with Gasteiger partial charge in [-0.1, -0.05) is 36.4 Å². The van der Waals surface area contributed by atoms with Gasteiger partial charge in [0.05, 0.1) is 12.0 Å². The van der Waals surface area contributed by atoms with Crippen LogP contribution in [0, 0.1) is 0 Å². The standard InChI is InChI=1S/C23H28N2O3S/c1-28-21-11-8-19(9-12-21)23(25-14-4-5-15-25)17-24-29(26,27)22-13-10-18-6-2-3-7-20(18)16-22/h2-3,6-9,11-12,16,23-24H,4-5,10,13-15,17H2,1H3. The van der Waals surface area contributed by atoms with E-state index in [2.05, 4.69) is 15.7 Å². The van der Waals surface area contributed by atoms with E-state index in [1.807, 2.05) is 48.5 Å². The first-order chi connectivity index (χ1) is 14.1. The molecule has 4 rings (SSSR count). The summed E-state index contributed by atoms with van der Waals surface area (Å²) in [6, 6.07) is 16.0. The lowest BCUT2D eigenvalue weighted by molar-refractivity contribution is 0.246. The second kappa shape index (κ2) is 8.69. The molecule has 2 aliphatic rings. The Morgan fingerprint density at radius 1 is 1.03 bits per heavy atom. The molecule has 1 unspecified atom stereocenters. The summed E-state index contributed by atoms with van der Waals surface area (Å²) >= 11 is 0. The van der Waals surface area contributed by atoms with Crippen molar-refractivity contribution in [2.24, 2.45) is 0 Å². The van der Waals surface area contributed by atoms with Crippen LogP contribution in [0.4, 0.5) is 0 Å². The molecular formula is C23H28N2O3S. The minimum absolute atomic E-state index is 0.0228. The molecule has 0 bridgehead atoms. The van der Waals surface area contributed by atoms with Crippen LogP contribution in [0.5, 0.6) is 5.75 Å². The number of fused-ring (bicyclic) bond motifs is 1. The topological polar surface area (TPSA) is 58.6 Å². The number of sulfonamides is 1. The van der Waals surface area contributed by atoms with Crippen LogP contribution in [0.25, 0.3) is 6.08 Å². The molecule has 154 valence electrons. The fourth-order valence-electron chi connectivity index (χ4n) is 4.24. The van der Waals surface area contributed by atoms with Gasteiger partial charge < -0.3 is 4.74 Å². The normalized spacial score (nSPS) is 18.2. The second-order valence-electron chi connectivity index (χ2n) is 7.69. The zero-order chi connectivity index (χ0) is 20.3. The smallest absolute Gasteiger partial charge is 0.236 e. The molecule has 2 aromatic rings. The van der Waals surface area contributed by atoms with Crippen LogP contribution in [0.3, 0.4) is 0 Å². The number of rotatable bonds is 7. The van der Waals surface area contributed by atoms with Crippen LogP contribution in [0.2, 0.25) is 0 Å². The molecule has 0 aromatic heterocycles. The van der Waals surface area contributed by atoms with Gasteiger partial charge in [0.25, 0.3) is 0 Å². The van der Waals surface area contributed by atoms with E-state index in [1.165, 1.54) is 5.56 Å². The van der Waals surface area contributed by atoms with Crippen molar-refractivity contribution in [1.82, 2.24) is 9.62 Å². The zero-order valence-electron chi connectivity index (χ0n) is 16.8. The summed E-state index contributed by atoms with van der Waals surface area (Å²) in [5.41, 5.74) is 3.32. The summed E-state index contributed by atoms with van der Waals surface area (Å²) in [4.78, 5) is 2.85. The molecule has 1 N–H and O–H groups in total. The van der Waals surface area contributed by atoms with E-state index in [4.69, 9.17) is 4.74 Å². The van der Waals surface area contributed by atoms with Crippen molar-refractivity contribution in [2.75, 3.05) is 26.7 Å². The summed E-state index contributed by atoms with van der Waals surface area (Å²) in [7, 11) is -1.86. The Kier molecular flexibility index (Phi) is 6.04. The predicted molar refractivity (Wildman–Crippen MR) is 116 cm³/mol. The number of hydrogen-bond donors (Lipinski definition) is 1. The first-order valence-electron chi connectivity index (χ1n) is 10.2. The Hall–Kier alpha value is -2.15. The number of likely N-dealkylation sites (tertiary alicyclic amines) is 1. The number of nitrogens with zero attached hydrogens (tertiary/aromatic N) is 1. The molecule has 1 heterocycles. The molecule has 0 radical (unpaired) electrons. The van der Waals surface area contributed by atoms with Crippen LogP contribution >= 0.6 is 0 Å². The van der Waals surface area contributed by atoms with Gasteiger partial charge in [-0.05, 0) is 73.7 Å². The highest BCUT2D eigenvalue weighted by atomic mass is 32.2. The Bertz CT molecular complexity index is 977. The third kappa shape index (κ3) is 4.55. The minimum atomic E-state index is -3.51. The Labute approximate surface area is 173 Å². The fraction of sp³-hybridized carbons (Fsp3) is 0.391. The van der Waals surface area contributed by atoms with Crippen molar-refractivity contribution in [3.8, 4) is 5.75 Å². The molecular weight excluding hydrogens is 384 g/mol. The lowest BCUT2D eigenvalue weighted by atomic mass is 9.98. The van der Waals surface area contributed by atoms with Crippen LogP contribution in [0.1, 0.15) is 42.0 Å². The first-order valence-corrected chi connectivity index (χ1v) is 11.7. The van der Waals surface area contributed by atoms with E-state index in [0.29, 0.717) is 17.9 Å². The lowest BCUT2D eigenvalue weighted by Gasteiger charge is -2.28. The minimum Gasteiger partial charge on any atom is -0.497 e. The molecule has 29 heavy (non-hydrogen) atoms. The average molecular weight is 413 g/mol. The maximum Gasteiger partial charge on any atom is 0.236 e. The molecule has 1 atom stereocenters. The van der Waals surface area contributed by atoms with Crippen LogP contribution in [-0.4, -0.2) is 40.1 Å². The molecule has 1 saturated heterocycles. The first kappa shape index (κ1) is 20.1. The van der Waals surface area contributed by atoms with Gasteiger partial charge in [-0.3, -0.25) is 4.90 Å². The van der Waals surface area contributed by atoms with Gasteiger partial charge in [0, 0.05) is 12.6 Å². The summed E-state index contributed by atoms with van der Waals surface area (Å²) in [6.07, 6.45) is 5.43. The van der Waals surface area contributed by atoms with Crippen molar-refractivity contribution < 1.29 is 13.2 Å². The van der Waals surface area contributed by atoms with Gasteiger partial charge >= 0.3 is 0 Å². The summed E-state index contributed by atoms with van der Waals surface area (Å²) < 4.78 is 34.2. The largest absolute Gasteiger partial charge is 0.497 e.